The smallest absolute Gasteiger partial charge is 0.336 e. The molecular weight excluding hydrogens is 312 g/mol. The van der Waals surface area contributed by atoms with E-state index in [-0.39, 0.29) is 5.56 Å². The van der Waals surface area contributed by atoms with Gasteiger partial charge in [-0.2, -0.15) is 0 Å². The van der Waals surface area contributed by atoms with E-state index >= 15 is 0 Å². The van der Waals surface area contributed by atoms with E-state index in [9.17, 15) is 4.79 Å². The van der Waals surface area contributed by atoms with E-state index in [1.54, 1.807) is 12.1 Å². The van der Waals surface area contributed by atoms with Crippen molar-refractivity contribution in [3.05, 3.63) is 28.2 Å². The highest BCUT2D eigenvalue weighted by Crippen LogP contribution is 2.22. The molecule has 0 radical (unpaired) electrons. The third-order valence-corrected chi connectivity index (χ3v) is 3.20. The van der Waals surface area contributed by atoms with Gasteiger partial charge >= 0.3 is 5.97 Å². The van der Waals surface area contributed by atoms with Crippen LogP contribution >= 0.6 is 15.9 Å². The van der Waals surface area contributed by atoms with Gasteiger partial charge in [0.05, 0.1) is 12.2 Å². The second-order valence-corrected chi connectivity index (χ2v) is 5.44. The van der Waals surface area contributed by atoms with Crippen molar-refractivity contribution in [3.8, 4) is 5.75 Å². The molecule has 0 unspecified atom stereocenters. The molecule has 0 spiro atoms. The van der Waals surface area contributed by atoms with Crippen LogP contribution in [0.4, 0.5) is 0 Å². The summed E-state index contributed by atoms with van der Waals surface area (Å²) in [6.07, 6.45) is 1.03. The summed E-state index contributed by atoms with van der Waals surface area (Å²) >= 11 is 3.19. The first kappa shape index (κ1) is 16.0. The van der Waals surface area contributed by atoms with Crippen molar-refractivity contribution in [1.82, 2.24) is 0 Å². The van der Waals surface area contributed by atoms with Crippen LogP contribution in [0.5, 0.6) is 5.75 Å². The Labute approximate surface area is 121 Å². The largest absolute Gasteiger partial charge is 0.491 e. The number of hydrogen-bond acceptors (Lipinski definition) is 3. The first-order valence-corrected chi connectivity index (χ1v) is 7.03. The summed E-state index contributed by atoms with van der Waals surface area (Å²) in [5, 5.41) is 8.97. The Kier molecular flexibility index (Phi) is 6.87. The lowest BCUT2D eigenvalue weighted by Gasteiger charge is -2.09. The zero-order chi connectivity index (χ0) is 14.3. The molecule has 0 saturated heterocycles. The van der Waals surface area contributed by atoms with E-state index < -0.39 is 5.97 Å². The molecule has 5 heteroatoms. The van der Waals surface area contributed by atoms with Gasteiger partial charge in [0, 0.05) is 11.1 Å². The van der Waals surface area contributed by atoms with E-state index in [1.165, 1.54) is 6.07 Å². The van der Waals surface area contributed by atoms with Gasteiger partial charge in [-0.25, -0.2) is 4.79 Å². The van der Waals surface area contributed by atoms with E-state index in [0.717, 1.165) is 13.0 Å². The van der Waals surface area contributed by atoms with Gasteiger partial charge in [-0.15, -0.1) is 0 Å². The van der Waals surface area contributed by atoms with Gasteiger partial charge in [-0.3, -0.25) is 0 Å². The van der Waals surface area contributed by atoms with Gasteiger partial charge in [-0.05, 0) is 46.5 Å². The topological polar surface area (TPSA) is 55.8 Å². The van der Waals surface area contributed by atoms with E-state index in [2.05, 4.69) is 29.8 Å². The molecule has 1 aromatic carbocycles. The third-order valence-electron chi connectivity index (χ3n) is 2.50. The molecule has 0 heterocycles. The second kappa shape index (κ2) is 8.17. The Morgan fingerprint density at radius 2 is 2.05 bits per heavy atom. The van der Waals surface area contributed by atoms with E-state index in [1.807, 2.05) is 0 Å². The SMILES string of the molecule is CC(C)CCOCCOc1ccc(Br)c(C(=O)O)c1. The zero-order valence-corrected chi connectivity index (χ0v) is 12.8. The van der Waals surface area contributed by atoms with Gasteiger partial charge < -0.3 is 14.6 Å². The summed E-state index contributed by atoms with van der Waals surface area (Å²) in [6.45, 7) is 5.94. The predicted octanol–water partition coefficient (Wildman–Crippen LogP) is 3.59. The van der Waals surface area contributed by atoms with Gasteiger partial charge in [-0.1, -0.05) is 13.8 Å². The van der Waals surface area contributed by atoms with Crippen molar-refractivity contribution < 1.29 is 19.4 Å². The van der Waals surface area contributed by atoms with Crippen molar-refractivity contribution in [1.29, 1.82) is 0 Å². The fourth-order valence-corrected chi connectivity index (χ4v) is 1.81. The molecule has 0 bridgehead atoms. The summed E-state index contributed by atoms with van der Waals surface area (Å²) in [4.78, 5) is 10.9. The Hall–Kier alpha value is -1.07. The number of carboxylic acids is 1. The van der Waals surface area contributed by atoms with Crippen LogP contribution in [0.15, 0.2) is 22.7 Å². The summed E-state index contributed by atoms with van der Waals surface area (Å²) in [5.74, 6) is 0.184. The molecule has 1 rings (SSSR count). The van der Waals surface area contributed by atoms with Crippen LogP contribution in [-0.2, 0) is 4.74 Å². The van der Waals surface area contributed by atoms with Crippen LogP contribution in [0.2, 0.25) is 0 Å². The van der Waals surface area contributed by atoms with E-state index in [0.29, 0.717) is 29.4 Å². The van der Waals surface area contributed by atoms with Crippen molar-refractivity contribution >= 4 is 21.9 Å². The molecule has 0 fully saturated rings. The molecular formula is C14H19BrO4. The van der Waals surface area contributed by atoms with Gasteiger partial charge in [0.1, 0.15) is 12.4 Å². The molecule has 0 saturated carbocycles. The third kappa shape index (κ3) is 6.07. The predicted molar refractivity (Wildman–Crippen MR) is 76.9 cm³/mol. The van der Waals surface area contributed by atoms with E-state index in [4.69, 9.17) is 14.6 Å². The number of rotatable bonds is 8. The maximum atomic E-state index is 10.9. The monoisotopic (exact) mass is 330 g/mol. The van der Waals surface area contributed by atoms with Crippen molar-refractivity contribution in [2.45, 2.75) is 20.3 Å². The molecule has 0 amide bonds. The van der Waals surface area contributed by atoms with Crippen LogP contribution in [-0.4, -0.2) is 30.9 Å². The van der Waals surface area contributed by atoms with Crippen molar-refractivity contribution in [3.63, 3.8) is 0 Å². The molecule has 1 aromatic rings. The average molecular weight is 331 g/mol. The summed E-state index contributed by atoms with van der Waals surface area (Å²) in [7, 11) is 0. The molecule has 0 aliphatic rings. The maximum absolute atomic E-state index is 10.9. The quantitative estimate of drug-likeness (QED) is 0.740. The van der Waals surface area contributed by atoms with Crippen LogP contribution < -0.4 is 4.74 Å². The fourth-order valence-electron chi connectivity index (χ4n) is 1.40. The Bertz CT molecular complexity index is 418. The average Bonchev–Trinajstić information content (AvgIpc) is 2.34. The number of hydrogen-bond donors (Lipinski definition) is 1. The van der Waals surface area contributed by atoms with Gasteiger partial charge in [0.2, 0.25) is 0 Å². The zero-order valence-electron chi connectivity index (χ0n) is 11.2. The number of carboxylic acid groups (broad SMARTS) is 1. The molecule has 0 atom stereocenters. The lowest BCUT2D eigenvalue weighted by Crippen LogP contribution is -2.09. The van der Waals surface area contributed by atoms with Crippen LogP contribution in [0, 0.1) is 5.92 Å². The van der Waals surface area contributed by atoms with Gasteiger partial charge in [0.15, 0.2) is 0 Å². The molecule has 0 aliphatic heterocycles. The van der Waals surface area contributed by atoms with Crippen LogP contribution in [0.25, 0.3) is 0 Å². The first-order chi connectivity index (χ1) is 9.00. The minimum absolute atomic E-state index is 0.193. The first-order valence-electron chi connectivity index (χ1n) is 6.24. The highest BCUT2D eigenvalue weighted by atomic mass is 79.9. The number of halogens is 1. The summed E-state index contributed by atoms with van der Waals surface area (Å²) in [6, 6.07) is 4.89. The number of benzene rings is 1. The van der Waals surface area contributed by atoms with Crippen LogP contribution in [0.1, 0.15) is 30.6 Å². The number of carbonyl (C=O) groups is 1. The van der Waals surface area contributed by atoms with Gasteiger partial charge in [0.25, 0.3) is 0 Å². The highest BCUT2D eigenvalue weighted by Gasteiger charge is 2.09. The van der Waals surface area contributed by atoms with Crippen LogP contribution in [0.3, 0.4) is 0 Å². The molecule has 4 nitrogen and oxygen atoms in total. The summed E-state index contributed by atoms with van der Waals surface area (Å²) < 4.78 is 11.4. The molecule has 19 heavy (non-hydrogen) atoms. The minimum Gasteiger partial charge on any atom is -0.491 e. The fraction of sp³-hybridized carbons (Fsp3) is 0.500. The molecule has 0 aliphatic carbocycles. The van der Waals surface area contributed by atoms with Crippen molar-refractivity contribution in [2.24, 2.45) is 5.92 Å². The standard InChI is InChI=1S/C14H19BrO4/c1-10(2)5-6-18-7-8-19-11-3-4-13(15)12(9-11)14(16)17/h3-4,9-10H,5-8H2,1-2H3,(H,16,17). The second-order valence-electron chi connectivity index (χ2n) is 4.59. The maximum Gasteiger partial charge on any atom is 0.336 e. The molecule has 0 aromatic heterocycles. The highest BCUT2D eigenvalue weighted by molar-refractivity contribution is 9.10. The lowest BCUT2D eigenvalue weighted by molar-refractivity contribution is 0.0695. The Morgan fingerprint density at radius 1 is 1.32 bits per heavy atom. The Balaban J connectivity index is 2.34. The Morgan fingerprint density at radius 3 is 2.68 bits per heavy atom. The lowest BCUT2D eigenvalue weighted by atomic mass is 10.1. The van der Waals surface area contributed by atoms with Crippen molar-refractivity contribution in [2.75, 3.05) is 19.8 Å². The summed E-state index contributed by atoms with van der Waals surface area (Å²) in [5.41, 5.74) is 0.193. The minimum atomic E-state index is -0.981. The number of ether oxygens (including phenoxy) is 2. The number of aromatic carboxylic acids is 1. The molecule has 1 N–H and O–H groups in total. The molecule has 106 valence electrons. The normalized spacial score (nSPS) is 10.7.